The molecule has 0 fully saturated rings. The monoisotopic (exact) mass is 320 g/mol. The lowest BCUT2D eigenvalue weighted by atomic mass is 9.93. The minimum Gasteiger partial charge on any atom is -0.303 e. The van der Waals surface area contributed by atoms with Gasteiger partial charge in [-0.25, -0.2) is 4.68 Å². The second-order valence-corrected chi connectivity index (χ2v) is 5.37. The molecule has 0 radical (unpaired) electrons. The van der Waals surface area contributed by atoms with Crippen molar-refractivity contribution in [3.05, 3.63) is 45.7 Å². The second-order valence-electron chi connectivity index (χ2n) is 4.62. The Bertz CT molecular complexity index is 618. The Kier molecular flexibility index (Phi) is 3.20. The van der Waals surface area contributed by atoms with Crippen LogP contribution in [0.25, 0.3) is 0 Å². The third kappa shape index (κ3) is 2.21. The van der Waals surface area contributed by atoms with Gasteiger partial charge in [0.15, 0.2) is 4.60 Å². The Balaban J connectivity index is 1.88. The van der Waals surface area contributed by atoms with Crippen LogP contribution in [0.5, 0.6) is 0 Å². The van der Waals surface area contributed by atoms with Crippen molar-refractivity contribution in [2.45, 2.75) is 19.0 Å². The van der Waals surface area contributed by atoms with Crippen LogP contribution in [0.3, 0.4) is 0 Å². The first-order valence-corrected chi connectivity index (χ1v) is 6.85. The number of Topliss-reactive ketones (excluding diaryl/α,β-unsaturated/α-hetero) is 1. The molecule has 3 rings (SSSR count). The Morgan fingerprint density at radius 2 is 2.16 bits per heavy atom. The summed E-state index contributed by atoms with van der Waals surface area (Å²) in [7, 11) is 1.72. The first-order valence-electron chi connectivity index (χ1n) is 6.06. The molecule has 19 heavy (non-hydrogen) atoms. The molecule has 0 saturated heterocycles. The van der Waals surface area contributed by atoms with Gasteiger partial charge < -0.3 is 5.32 Å². The van der Waals surface area contributed by atoms with Crippen LogP contribution in [0.15, 0.2) is 28.9 Å². The van der Waals surface area contributed by atoms with E-state index in [0.29, 0.717) is 16.7 Å². The van der Waals surface area contributed by atoms with Gasteiger partial charge in [0.2, 0.25) is 5.78 Å². The lowest BCUT2D eigenvalue weighted by Gasteiger charge is -2.24. The highest BCUT2D eigenvalue weighted by Gasteiger charge is 2.28. The predicted molar refractivity (Wildman–Crippen MR) is 73.8 cm³/mol. The maximum absolute atomic E-state index is 12.5. The lowest BCUT2D eigenvalue weighted by molar-refractivity contribution is 0.0927. The number of carbonyl (C=O) groups is 1. The van der Waals surface area contributed by atoms with Crippen LogP contribution in [0.4, 0.5) is 0 Å². The van der Waals surface area contributed by atoms with Crippen LogP contribution in [0.2, 0.25) is 0 Å². The normalized spacial score (nSPS) is 18.1. The van der Waals surface area contributed by atoms with E-state index in [2.05, 4.69) is 43.7 Å². The van der Waals surface area contributed by atoms with Gasteiger partial charge >= 0.3 is 0 Å². The number of ketones is 1. The van der Waals surface area contributed by atoms with Crippen molar-refractivity contribution in [3.63, 3.8) is 0 Å². The standard InChI is InChI=1S/C13H13BrN4O/c1-18-11(13(14)16-17-18)12(19)10-6-8-4-2-3-5-9(8)7-15-10/h2-5,10,15H,6-7H2,1H3. The molecule has 0 amide bonds. The number of hydrogen-bond donors (Lipinski definition) is 1. The molecule has 1 aliphatic rings. The summed E-state index contributed by atoms with van der Waals surface area (Å²) in [6.45, 7) is 0.718. The molecular weight excluding hydrogens is 308 g/mol. The summed E-state index contributed by atoms with van der Waals surface area (Å²) in [5.41, 5.74) is 3.00. The minimum absolute atomic E-state index is 0.0221. The number of carbonyl (C=O) groups excluding carboxylic acids is 1. The van der Waals surface area contributed by atoms with Crippen LogP contribution in [0, 0.1) is 0 Å². The van der Waals surface area contributed by atoms with E-state index < -0.39 is 0 Å². The fourth-order valence-corrected chi connectivity index (χ4v) is 2.92. The Hall–Kier alpha value is -1.53. The van der Waals surface area contributed by atoms with Crippen molar-refractivity contribution in [2.75, 3.05) is 0 Å². The fraction of sp³-hybridized carbons (Fsp3) is 0.308. The van der Waals surface area contributed by atoms with E-state index in [0.717, 1.165) is 6.54 Å². The van der Waals surface area contributed by atoms with E-state index in [1.54, 1.807) is 7.05 Å². The zero-order chi connectivity index (χ0) is 13.4. The maximum Gasteiger partial charge on any atom is 0.200 e. The van der Waals surface area contributed by atoms with Gasteiger partial charge in [-0.1, -0.05) is 29.5 Å². The van der Waals surface area contributed by atoms with E-state index in [9.17, 15) is 4.79 Å². The lowest BCUT2D eigenvalue weighted by Crippen LogP contribution is -2.42. The van der Waals surface area contributed by atoms with Gasteiger partial charge in [-0.15, -0.1) is 5.10 Å². The third-order valence-corrected chi connectivity index (χ3v) is 3.95. The summed E-state index contributed by atoms with van der Waals surface area (Å²) in [6.07, 6.45) is 0.701. The van der Waals surface area contributed by atoms with E-state index in [4.69, 9.17) is 0 Å². The molecule has 98 valence electrons. The zero-order valence-corrected chi connectivity index (χ0v) is 12.0. The first-order chi connectivity index (χ1) is 9.16. The minimum atomic E-state index is -0.219. The highest BCUT2D eigenvalue weighted by atomic mass is 79.9. The molecule has 0 aliphatic carbocycles. The van der Waals surface area contributed by atoms with Gasteiger partial charge in [0.1, 0.15) is 5.69 Å². The fourth-order valence-electron chi connectivity index (χ4n) is 2.40. The molecule has 6 heteroatoms. The van der Waals surface area contributed by atoms with Gasteiger partial charge in [0.05, 0.1) is 6.04 Å². The molecular formula is C13H13BrN4O. The summed E-state index contributed by atoms with van der Waals surface area (Å²) in [6, 6.07) is 7.97. The number of nitrogens with one attached hydrogen (secondary N) is 1. The van der Waals surface area contributed by atoms with Gasteiger partial charge in [-0.05, 0) is 33.5 Å². The second kappa shape index (κ2) is 4.86. The molecule has 1 aliphatic heterocycles. The highest BCUT2D eigenvalue weighted by Crippen LogP contribution is 2.20. The van der Waals surface area contributed by atoms with Crippen LogP contribution >= 0.6 is 15.9 Å². The number of aryl methyl sites for hydroxylation is 1. The van der Waals surface area contributed by atoms with Crippen molar-refractivity contribution < 1.29 is 4.79 Å². The van der Waals surface area contributed by atoms with Crippen LogP contribution in [0.1, 0.15) is 21.6 Å². The summed E-state index contributed by atoms with van der Waals surface area (Å²) in [4.78, 5) is 12.5. The van der Waals surface area contributed by atoms with Gasteiger partial charge in [-0.3, -0.25) is 4.79 Å². The quantitative estimate of drug-likeness (QED) is 0.851. The average molecular weight is 321 g/mol. The number of rotatable bonds is 2. The van der Waals surface area contributed by atoms with Crippen LogP contribution in [-0.4, -0.2) is 26.8 Å². The van der Waals surface area contributed by atoms with Gasteiger partial charge in [-0.2, -0.15) is 0 Å². The number of benzene rings is 1. The van der Waals surface area contributed by atoms with Crippen molar-refractivity contribution in [2.24, 2.45) is 7.05 Å². The molecule has 5 nitrogen and oxygen atoms in total. The molecule has 2 heterocycles. The van der Waals surface area contributed by atoms with Crippen molar-refractivity contribution >= 4 is 21.7 Å². The van der Waals surface area contributed by atoms with Crippen molar-refractivity contribution in [1.29, 1.82) is 0 Å². The number of aromatic nitrogens is 3. The van der Waals surface area contributed by atoms with E-state index in [1.807, 2.05) is 12.1 Å². The van der Waals surface area contributed by atoms with Crippen LogP contribution in [-0.2, 0) is 20.0 Å². The molecule has 1 aromatic carbocycles. The van der Waals surface area contributed by atoms with Gasteiger partial charge in [0, 0.05) is 13.6 Å². The van der Waals surface area contributed by atoms with Crippen molar-refractivity contribution in [1.82, 2.24) is 20.3 Å². The van der Waals surface area contributed by atoms with E-state index in [-0.39, 0.29) is 11.8 Å². The highest BCUT2D eigenvalue weighted by molar-refractivity contribution is 9.10. The Morgan fingerprint density at radius 1 is 1.42 bits per heavy atom. The first kappa shape index (κ1) is 12.5. The summed E-state index contributed by atoms with van der Waals surface area (Å²) in [5, 5.41) is 11.0. The Morgan fingerprint density at radius 3 is 2.84 bits per heavy atom. The molecule has 1 aromatic heterocycles. The number of halogens is 1. The number of hydrogen-bond acceptors (Lipinski definition) is 4. The molecule has 1 N–H and O–H groups in total. The molecule has 2 aromatic rings. The predicted octanol–water partition coefficient (Wildman–Crippen LogP) is 1.47. The number of nitrogens with zero attached hydrogens (tertiary/aromatic N) is 3. The largest absolute Gasteiger partial charge is 0.303 e. The van der Waals surface area contributed by atoms with Gasteiger partial charge in [0.25, 0.3) is 0 Å². The molecule has 1 atom stereocenters. The molecule has 0 spiro atoms. The van der Waals surface area contributed by atoms with E-state index >= 15 is 0 Å². The van der Waals surface area contributed by atoms with Crippen molar-refractivity contribution in [3.8, 4) is 0 Å². The summed E-state index contributed by atoms with van der Waals surface area (Å²) in [5.74, 6) is 0.0221. The average Bonchev–Trinajstić information content (AvgIpc) is 2.77. The smallest absolute Gasteiger partial charge is 0.200 e. The third-order valence-electron chi connectivity index (χ3n) is 3.42. The summed E-state index contributed by atoms with van der Waals surface area (Å²) >= 11 is 3.27. The molecule has 1 unspecified atom stereocenters. The Labute approximate surface area is 119 Å². The van der Waals surface area contributed by atoms with Crippen LogP contribution < -0.4 is 5.32 Å². The topological polar surface area (TPSA) is 59.8 Å². The number of fused-ring (bicyclic) bond motifs is 1. The maximum atomic E-state index is 12.5. The van der Waals surface area contributed by atoms with E-state index in [1.165, 1.54) is 15.8 Å². The summed E-state index contributed by atoms with van der Waals surface area (Å²) < 4.78 is 2.01. The molecule has 0 saturated carbocycles. The SMILES string of the molecule is Cn1nnc(Br)c1C(=O)C1Cc2ccccc2CN1. The zero-order valence-electron chi connectivity index (χ0n) is 10.4. The molecule has 0 bridgehead atoms.